The number of likely N-dealkylation sites (N-methyl/N-ethyl adjacent to an activating group) is 2. The first-order chi connectivity index (χ1) is 33.3. The van der Waals surface area contributed by atoms with E-state index >= 15 is 0 Å². The highest BCUT2D eigenvalue weighted by Gasteiger charge is 2.99. The number of rotatable bonds is 26. The molecule has 1 N–H and O–H groups in total. The third-order valence-electron chi connectivity index (χ3n) is 8.98. The molecule has 0 radical (unpaired) electrons. The molecule has 0 rings (SSSR count). The van der Waals surface area contributed by atoms with Crippen LogP contribution in [0.2, 0.25) is 0 Å². The van der Waals surface area contributed by atoms with Gasteiger partial charge in [-0.05, 0) is 0 Å². The average molecular weight is 1350 g/mol. The quantitative estimate of drug-likeness (QED) is 0.0515. The number of halogens is 42. The number of nitrogens with zero attached hydrogens (tertiary/aromatic N) is 2. The van der Waals surface area contributed by atoms with Gasteiger partial charge < -0.3 is 4.89 Å². The van der Waals surface area contributed by atoms with Gasteiger partial charge in [0.25, 0.3) is 20.0 Å². The van der Waals surface area contributed by atoms with Gasteiger partial charge >= 0.3 is 126 Å². The van der Waals surface area contributed by atoms with Crippen molar-refractivity contribution in [3.8, 4) is 0 Å². The van der Waals surface area contributed by atoms with E-state index in [4.69, 9.17) is 4.89 Å². The van der Waals surface area contributed by atoms with E-state index in [1.165, 1.54) is 0 Å². The molecule has 55 heteroatoms. The van der Waals surface area contributed by atoms with Crippen molar-refractivity contribution in [1.29, 1.82) is 0 Å². The molecule has 0 heterocycles. The topological polar surface area (TPSA) is 131 Å². The minimum absolute atomic E-state index is 0.913. The first kappa shape index (κ1) is 76.0. The van der Waals surface area contributed by atoms with Crippen LogP contribution in [0.25, 0.3) is 0 Å². The van der Waals surface area contributed by atoms with Gasteiger partial charge in [-0.1, -0.05) is 13.8 Å². The zero-order valence-electron chi connectivity index (χ0n) is 34.8. The largest absolute Gasteiger partial charge is 0.482 e. The van der Waals surface area contributed by atoms with Crippen molar-refractivity contribution >= 4 is 27.9 Å². The Labute approximate surface area is 402 Å². The normalized spacial score (nSPS) is 17.1. The van der Waals surface area contributed by atoms with Crippen molar-refractivity contribution in [3.63, 3.8) is 0 Å². The Hall–Kier alpha value is -3.01. The van der Waals surface area contributed by atoms with Crippen LogP contribution >= 0.6 is 7.82 Å². The first-order valence-corrected chi connectivity index (χ1v) is 21.4. The molecular formula is C24H11F42N2O8PS2. The minimum atomic E-state index is -9.82. The average Bonchev–Trinajstić information content (AvgIpc) is 3.17. The van der Waals surface area contributed by atoms with Crippen molar-refractivity contribution in [3.05, 3.63) is 0 Å². The molecule has 10 nitrogen and oxygen atoms in total. The van der Waals surface area contributed by atoms with E-state index in [0.717, 1.165) is 0 Å². The third-order valence-corrected chi connectivity index (χ3v) is 13.8. The molecule has 0 bridgehead atoms. The van der Waals surface area contributed by atoms with Crippen LogP contribution in [-0.2, 0) is 33.7 Å². The molecule has 0 saturated carbocycles. The van der Waals surface area contributed by atoms with E-state index in [1.807, 2.05) is 0 Å². The maximum absolute atomic E-state index is 14.8. The molecule has 0 aliphatic carbocycles. The van der Waals surface area contributed by atoms with Crippen molar-refractivity contribution in [2.75, 3.05) is 13.1 Å². The molecule has 476 valence electrons. The highest BCUT2D eigenvalue weighted by molar-refractivity contribution is 7.90. The Bertz CT molecular complexity index is 2340. The van der Waals surface area contributed by atoms with Crippen LogP contribution in [0.4, 0.5) is 184 Å². The zero-order chi connectivity index (χ0) is 65.5. The summed E-state index contributed by atoms with van der Waals surface area (Å²) in [5, 5.41) is -18.6. The second kappa shape index (κ2) is 19.5. The first-order valence-electron chi connectivity index (χ1n) is 17.0. The van der Waals surface area contributed by atoms with Crippen LogP contribution in [0.15, 0.2) is 0 Å². The molecule has 0 aliphatic heterocycles. The van der Waals surface area contributed by atoms with Gasteiger partial charge in [0.05, 0.1) is 0 Å². The summed E-state index contributed by atoms with van der Waals surface area (Å²) in [6, 6.07) is -16.9. The Morgan fingerprint density at radius 2 is 0.468 bits per heavy atom. The van der Waals surface area contributed by atoms with Crippen molar-refractivity contribution in [2.45, 2.75) is 132 Å². The Balaban J connectivity index is 7.70. The van der Waals surface area contributed by atoms with Crippen LogP contribution in [0.5, 0.6) is 0 Å². The standard InChI is InChI=1S/C24H11F42N2O8PS2/c1-3-67(78(71,72)23(63,64)15(45,46)11(37,38)7(29,30)5(25,26)9(33,34)13(41,42)17(49,50)51)19(55,56)21(59,60)75-77(69,70)76-22(61,62)20(57,58)68(4-2)79(73,74)24(65,66)16(47,48)12(39,40)8(31,32)6(27,28)10(35,36)14(43,44)18(52,53)54/h3-4H2,1-2H3,(H,69,70). The molecular weight excluding hydrogens is 1340 g/mol. The maximum atomic E-state index is 14.8. The van der Waals surface area contributed by atoms with Crippen molar-refractivity contribution in [2.24, 2.45) is 0 Å². The van der Waals surface area contributed by atoms with Gasteiger partial charge in [-0.25, -0.2) is 30.4 Å². The number of hydrogen-bond donors (Lipinski definition) is 1. The van der Waals surface area contributed by atoms with Gasteiger partial charge in [0.15, 0.2) is 0 Å². The predicted octanol–water partition coefficient (Wildman–Crippen LogP) is 12.7. The van der Waals surface area contributed by atoms with Crippen LogP contribution in [0.3, 0.4) is 0 Å². The Morgan fingerprint density at radius 1 is 0.316 bits per heavy atom. The maximum Gasteiger partial charge on any atom is 0.482 e. The number of sulfonamides is 2. The smallest absolute Gasteiger partial charge is 0.302 e. The van der Waals surface area contributed by atoms with E-state index in [-0.39, 0.29) is 0 Å². The fourth-order valence-electron chi connectivity index (χ4n) is 4.65. The summed E-state index contributed by atoms with van der Waals surface area (Å²) in [6.07, 6.45) is -33.8. The molecule has 0 unspecified atom stereocenters. The van der Waals surface area contributed by atoms with Crippen LogP contribution in [0.1, 0.15) is 13.8 Å². The van der Waals surface area contributed by atoms with Gasteiger partial charge in [0, 0.05) is 13.1 Å². The summed E-state index contributed by atoms with van der Waals surface area (Å²) in [4.78, 5) is 9.03. The van der Waals surface area contributed by atoms with Gasteiger partial charge in [0.2, 0.25) is 0 Å². The van der Waals surface area contributed by atoms with E-state index in [0.29, 0.717) is 0 Å². The lowest BCUT2D eigenvalue weighted by Crippen LogP contribution is -2.75. The van der Waals surface area contributed by atoms with Crippen LogP contribution < -0.4 is 0 Å². The molecule has 0 aromatic heterocycles. The highest BCUT2D eigenvalue weighted by Crippen LogP contribution is 2.68. The van der Waals surface area contributed by atoms with Gasteiger partial charge in [0.1, 0.15) is 0 Å². The number of phosphoric ester groups is 1. The van der Waals surface area contributed by atoms with Gasteiger partial charge in [-0.2, -0.15) is 184 Å². The second-order valence-electron chi connectivity index (χ2n) is 14.0. The SMILES string of the molecule is CCN(C(F)(F)C(F)(F)OP(=O)(O)OC(F)(F)C(F)(F)N(CC)S(=O)(=O)C(F)(F)C(F)(F)C(F)(F)C(F)(F)C(F)(F)C(F)(F)C(F)(F)C(F)(F)F)S(=O)(=O)C(F)(F)C(F)(F)C(F)(F)C(F)(F)C(F)(F)C(F)(F)C(F)(F)C(F)(F)F. The summed E-state index contributed by atoms with van der Waals surface area (Å²) < 4.78 is 635. The summed E-state index contributed by atoms with van der Waals surface area (Å²) in [5.74, 6) is -114. The number of alkyl halides is 42. The van der Waals surface area contributed by atoms with Gasteiger partial charge in [-0.3, -0.25) is 0 Å². The van der Waals surface area contributed by atoms with Crippen molar-refractivity contribution in [1.82, 2.24) is 8.61 Å². The predicted molar refractivity (Wildman–Crippen MR) is 156 cm³/mol. The molecule has 0 fully saturated rings. The molecule has 0 saturated heterocycles. The van der Waals surface area contributed by atoms with E-state index in [1.54, 1.807) is 9.05 Å². The highest BCUT2D eigenvalue weighted by atomic mass is 32.2. The molecule has 0 spiro atoms. The Morgan fingerprint density at radius 3 is 0.620 bits per heavy atom. The van der Waals surface area contributed by atoms with Crippen LogP contribution in [-0.4, -0.2) is 162 Å². The molecule has 0 aromatic rings. The third kappa shape index (κ3) is 10.1. The van der Waals surface area contributed by atoms with E-state index in [2.05, 4.69) is 0 Å². The summed E-state index contributed by atoms with van der Waals surface area (Å²) in [7, 11) is -28.9. The van der Waals surface area contributed by atoms with Gasteiger partial charge in [-0.15, -0.1) is 8.61 Å². The lowest BCUT2D eigenvalue weighted by Gasteiger charge is -2.43. The van der Waals surface area contributed by atoms with E-state index in [9.17, 15) is 206 Å². The van der Waals surface area contributed by atoms with Crippen molar-refractivity contribution < 1.29 is 220 Å². The minimum Gasteiger partial charge on any atom is -0.302 e. The lowest BCUT2D eigenvalue weighted by atomic mass is 9.91. The Kier molecular flexibility index (Phi) is 18.8. The molecule has 79 heavy (non-hydrogen) atoms. The van der Waals surface area contributed by atoms with E-state index < -0.39 is 182 Å². The molecule has 0 atom stereocenters. The molecule has 0 aromatic carbocycles. The monoisotopic (exact) mass is 1350 g/mol. The number of hydrogen-bond acceptors (Lipinski definition) is 7. The zero-order valence-corrected chi connectivity index (χ0v) is 37.3. The summed E-state index contributed by atoms with van der Waals surface area (Å²) in [6.45, 7) is -8.98. The molecule has 0 amide bonds. The molecule has 0 aliphatic rings. The summed E-state index contributed by atoms with van der Waals surface area (Å²) in [5.41, 5.74) is 0. The fourth-order valence-corrected chi connectivity index (χ4v) is 8.44. The lowest BCUT2D eigenvalue weighted by molar-refractivity contribution is -0.458. The van der Waals surface area contributed by atoms with Crippen LogP contribution in [0, 0.1) is 0 Å². The number of phosphoric acid groups is 1. The summed E-state index contributed by atoms with van der Waals surface area (Å²) >= 11 is 0. The second-order valence-corrected chi connectivity index (χ2v) is 19.1. The fraction of sp³-hybridized carbons (Fsp3) is 1.00.